The first-order valence-corrected chi connectivity index (χ1v) is 9.67. The van der Waals surface area contributed by atoms with Crippen molar-refractivity contribution in [2.45, 2.75) is 31.2 Å². The van der Waals surface area contributed by atoms with E-state index in [4.69, 9.17) is 0 Å². The lowest BCUT2D eigenvalue weighted by Crippen LogP contribution is -2.39. The molecule has 1 aromatic rings. The van der Waals surface area contributed by atoms with Gasteiger partial charge in [0.2, 0.25) is 10.0 Å². The molecule has 3 rings (SSSR count). The molecule has 0 saturated carbocycles. The van der Waals surface area contributed by atoms with Gasteiger partial charge in [-0.25, -0.2) is 8.42 Å². The number of sulfonamides is 1. The molecule has 1 N–H and O–H groups in total. The largest absolute Gasteiger partial charge is 0.316 e. The van der Waals surface area contributed by atoms with E-state index in [0.717, 1.165) is 25.1 Å². The number of benzene rings is 1. The van der Waals surface area contributed by atoms with Crippen molar-refractivity contribution in [2.75, 3.05) is 19.6 Å². The summed E-state index contributed by atoms with van der Waals surface area (Å²) in [5, 5.41) is 3.39. The van der Waals surface area contributed by atoms with E-state index in [1.54, 1.807) is 10.4 Å². The van der Waals surface area contributed by atoms with Crippen LogP contribution in [0, 0.1) is 18.8 Å². The number of aryl methyl sites for hydroxylation is 1. The van der Waals surface area contributed by atoms with Crippen LogP contribution < -0.4 is 5.32 Å². The second kappa shape index (κ2) is 5.65. The second-order valence-electron chi connectivity index (χ2n) is 6.07. The number of hydrogen-bond acceptors (Lipinski definition) is 3. The predicted octanol–water partition coefficient (Wildman–Crippen LogP) is 2.38. The summed E-state index contributed by atoms with van der Waals surface area (Å²) in [5.74, 6) is 0.906. The average molecular weight is 373 g/mol. The van der Waals surface area contributed by atoms with Crippen molar-refractivity contribution in [3.63, 3.8) is 0 Å². The summed E-state index contributed by atoms with van der Waals surface area (Å²) in [6.45, 7) is 6.55. The smallest absolute Gasteiger partial charge is 0.244 e. The molecule has 116 valence electrons. The van der Waals surface area contributed by atoms with E-state index in [0.29, 0.717) is 27.7 Å². The molecule has 3 atom stereocenters. The highest BCUT2D eigenvalue weighted by Gasteiger charge is 2.48. The molecule has 4 nitrogen and oxygen atoms in total. The summed E-state index contributed by atoms with van der Waals surface area (Å²) >= 11 is 3.41. The van der Waals surface area contributed by atoms with Crippen molar-refractivity contribution in [1.82, 2.24) is 9.62 Å². The number of rotatable bonds is 3. The summed E-state index contributed by atoms with van der Waals surface area (Å²) in [6.07, 6.45) is 0.867. The zero-order chi connectivity index (χ0) is 15.2. The first-order chi connectivity index (χ1) is 9.95. The summed E-state index contributed by atoms with van der Waals surface area (Å²) in [4.78, 5) is 0.388. The van der Waals surface area contributed by atoms with Crippen LogP contribution in [0.1, 0.15) is 18.9 Å². The molecule has 0 spiro atoms. The summed E-state index contributed by atoms with van der Waals surface area (Å²) < 4.78 is 28.5. The van der Waals surface area contributed by atoms with Crippen LogP contribution in [-0.4, -0.2) is 38.4 Å². The van der Waals surface area contributed by atoms with Crippen molar-refractivity contribution in [3.05, 3.63) is 28.2 Å². The molecule has 0 bridgehead atoms. The zero-order valence-electron chi connectivity index (χ0n) is 12.3. The van der Waals surface area contributed by atoms with Crippen LogP contribution in [0.4, 0.5) is 0 Å². The Kier molecular flexibility index (Phi) is 4.16. The molecule has 2 aliphatic heterocycles. The number of nitrogens with one attached hydrogen (secondary N) is 1. The maximum atomic E-state index is 13.0. The molecule has 6 heteroatoms. The molecule has 0 amide bonds. The maximum absolute atomic E-state index is 13.0. The molecular weight excluding hydrogens is 352 g/mol. The van der Waals surface area contributed by atoms with Crippen molar-refractivity contribution in [2.24, 2.45) is 11.8 Å². The predicted molar refractivity (Wildman–Crippen MR) is 86.7 cm³/mol. The van der Waals surface area contributed by atoms with E-state index >= 15 is 0 Å². The Hall–Kier alpha value is -0.430. The summed E-state index contributed by atoms with van der Waals surface area (Å²) in [5.41, 5.74) is 1.05. The van der Waals surface area contributed by atoms with Gasteiger partial charge in [-0.15, -0.1) is 0 Å². The fraction of sp³-hybridized carbons (Fsp3) is 0.600. The lowest BCUT2D eigenvalue weighted by molar-refractivity contribution is 0.329. The first-order valence-electron chi connectivity index (χ1n) is 7.44. The highest BCUT2D eigenvalue weighted by molar-refractivity contribution is 9.10. The van der Waals surface area contributed by atoms with Gasteiger partial charge in [-0.05, 0) is 71.9 Å². The van der Waals surface area contributed by atoms with Gasteiger partial charge in [-0.3, -0.25) is 0 Å². The van der Waals surface area contributed by atoms with Gasteiger partial charge < -0.3 is 5.32 Å². The Bertz CT molecular complexity index is 647. The van der Waals surface area contributed by atoms with Gasteiger partial charge in [0.15, 0.2) is 0 Å². The third kappa shape index (κ3) is 2.56. The summed E-state index contributed by atoms with van der Waals surface area (Å²) in [7, 11) is -3.43. The lowest BCUT2D eigenvalue weighted by atomic mass is 9.93. The third-order valence-corrected chi connectivity index (χ3v) is 7.63. The van der Waals surface area contributed by atoms with Gasteiger partial charge in [0.25, 0.3) is 0 Å². The lowest BCUT2D eigenvalue weighted by Gasteiger charge is -2.26. The van der Waals surface area contributed by atoms with E-state index < -0.39 is 10.0 Å². The van der Waals surface area contributed by atoms with Crippen LogP contribution in [0.2, 0.25) is 0 Å². The van der Waals surface area contributed by atoms with Gasteiger partial charge in [0.1, 0.15) is 0 Å². The Labute approximate surface area is 135 Å². The fourth-order valence-electron chi connectivity index (χ4n) is 3.71. The SMILES string of the molecule is CCC1C2CNCC2CN1S(=O)(=O)c1ccc(C)cc1Br. The van der Waals surface area contributed by atoms with Gasteiger partial charge in [0.05, 0.1) is 4.90 Å². The highest BCUT2D eigenvalue weighted by atomic mass is 79.9. The number of fused-ring (bicyclic) bond motifs is 1. The summed E-state index contributed by atoms with van der Waals surface area (Å²) in [6, 6.07) is 5.56. The van der Waals surface area contributed by atoms with Gasteiger partial charge in [0, 0.05) is 17.1 Å². The van der Waals surface area contributed by atoms with E-state index in [9.17, 15) is 8.42 Å². The van der Waals surface area contributed by atoms with Gasteiger partial charge >= 0.3 is 0 Å². The molecule has 2 aliphatic rings. The first kappa shape index (κ1) is 15.5. The molecule has 0 radical (unpaired) electrons. The van der Waals surface area contributed by atoms with Gasteiger partial charge in [-0.2, -0.15) is 4.31 Å². The molecule has 0 aliphatic carbocycles. The highest BCUT2D eigenvalue weighted by Crippen LogP contribution is 2.39. The molecule has 3 unspecified atom stereocenters. The molecule has 21 heavy (non-hydrogen) atoms. The number of halogens is 1. The van der Waals surface area contributed by atoms with Crippen LogP contribution in [0.5, 0.6) is 0 Å². The normalized spacial score (nSPS) is 29.8. The average Bonchev–Trinajstić information content (AvgIpc) is 2.97. The zero-order valence-corrected chi connectivity index (χ0v) is 14.7. The number of nitrogens with zero attached hydrogens (tertiary/aromatic N) is 1. The standard InChI is InChI=1S/C15H21BrN2O2S/c1-3-14-12-8-17-7-11(12)9-18(14)21(19,20)15-5-4-10(2)6-13(15)16/h4-6,11-12,14,17H,3,7-9H2,1-2H3. The van der Waals surface area contributed by atoms with Crippen LogP contribution in [0.15, 0.2) is 27.6 Å². The minimum Gasteiger partial charge on any atom is -0.316 e. The van der Waals surface area contributed by atoms with Crippen molar-refractivity contribution in [3.8, 4) is 0 Å². The van der Waals surface area contributed by atoms with Crippen LogP contribution >= 0.6 is 15.9 Å². The topological polar surface area (TPSA) is 49.4 Å². The maximum Gasteiger partial charge on any atom is 0.244 e. The van der Waals surface area contributed by atoms with Gasteiger partial charge in [-0.1, -0.05) is 13.0 Å². The van der Waals surface area contributed by atoms with Crippen LogP contribution in [-0.2, 0) is 10.0 Å². The van der Waals surface area contributed by atoms with Crippen molar-refractivity contribution >= 4 is 26.0 Å². The Balaban J connectivity index is 1.98. The third-order valence-electron chi connectivity index (χ3n) is 4.76. The molecular formula is C15H21BrN2O2S. The van der Waals surface area contributed by atoms with E-state index in [1.807, 2.05) is 19.1 Å². The fourth-order valence-corrected chi connectivity index (χ4v) is 6.66. The monoisotopic (exact) mass is 372 g/mol. The molecule has 0 aromatic heterocycles. The molecule has 2 fully saturated rings. The molecule has 2 saturated heterocycles. The molecule has 2 heterocycles. The van der Waals surface area contributed by atoms with E-state index in [1.165, 1.54) is 0 Å². The minimum atomic E-state index is -3.43. The second-order valence-corrected chi connectivity index (χ2v) is 8.78. The van der Waals surface area contributed by atoms with E-state index in [2.05, 4.69) is 28.2 Å². The van der Waals surface area contributed by atoms with Crippen LogP contribution in [0.3, 0.4) is 0 Å². The Morgan fingerprint density at radius 1 is 1.38 bits per heavy atom. The Morgan fingerprint density at radius 3 is 2.81 bits per heavy atom. The number of hydrogen-bond donors (Lipinski definition) is 1. The quantitative estimate of drug-likeness (QED) is 0.885. The minimum absolute atomic E-state index is 0.114. The molecule has 1 aromatic carbocycles. The van der Waals surface area contributed by atoms with Crippen LogP contribution in [0.25, 0.3) is 0 Å². The van der Waals surface area contributed by atoms with Crippen molar-refractivity contribution in [1.29, 1.82) is 0 Å². The Morgan fingerprint density at radius 2 is 2.14 bits per heavy atom. The van der Waals surface area contributed by atoms with Crippen molar-refractivity contribution < 1.29 is 8.42 Å². The van der Waals surface area contributed by atoms with E-state index in [-0.39, 0.29) is 6.04 Å².